The molecule has 0 saturated carbocycles. The molecule has 14 heavy (non-hydrogen) atoms. The van der Waals surface area contributed by atoms with Gasteiger partial charge in [-0.15, -0.1) is 0 Å². The molecule has 1 aromatic rings. The van der Waals surface area contributed by atoms with Crippen LogP contribution in [0.1, 0.15) is 26.3 Å². The van der Waals surface area contributed by atoms with Gasteiger partial charge in [-0.05, 0) is 20.0 Å². The molecule has 0 radical (unpaired) electrons. The van der Waals surface area contributed by atoms with E-state index < -0.39 is 0 Å². The summed E-state index contributed by atoms with van der Waals surface area (Å²) in [6, 6.07) is 8.08. The third-order valence-corrected chi connectivity index (χ3v) is 1.64. The highest BCUT2D eigenvalue weighted by Crippen LogP contribution is 2.16. The summed E-state index contributed by atoms with van der Waals surface area (Å²) < 4.78 is 5.45. The van der Waals surface area contributed by atoms with Crippen molar-refractivity contribution in [2.24, 2.45) is 0 Å². The Morgan fingerprint density at radius 3 is 2.43 bits per heavy atom. The lowest BCUT2D eigenvalue weighted by molar-refractivity contribution is 0.336. The number of hydrogen-bond donors (Lipinski definition) is 1. The zero-order valence-electron chi connectivity index (χ0n) is 9.63. The molecule has 1 aromatic carbocycles. The van der Waals surface area contributed by atoms with Crippen molar-refractivity contribution in [3.63, 3.8) is 0 Å². The second-order valence-corrected chi connectivity index (χ2v) is 2.57. The summed E-state index contributed by atoms with van der Waals surface area (Å²) >= 11 is 0. The van der Waals surface area contributed by atoms with Crippen LogP contribution in [0.2, 0.25) is 0 Å². The quantitative estimate of drug-likeness (QED) is 0.797. The SMILES string of the molecule is CC.CCOc1ccccc1CNC. The Bertz CT molecular complexity index is 211. The Balaban J connectivity index is 0.000000791. The van der Waals surface area contributed by atoms with Crippen molar-refractivity contribution in [2.45, 2.75) is 27.3 Å². The van der Waals surface area contributed by atoms with Gasteiger partial charge in [-0.3, -0.25) is 0 Å². The number of hydrogen-bond acceptors (Lipinski definition) is 2. The van der Waals surface area contributed by atoms with Crippen molar-refractivity contribution in [3.8, 4) is 5.75 Å². The van der Waals surface area contributed by atoms with Gasteiger partial charge >= 0.3 is 0 Å². The predicted molar refractivity (Wildman–Crippen MR) is 61.7 cm³/mol. The van der Waals surface area contributed by atoms with Crippen molar-refractivity contribution >= 4 is 0 Å². The summed E-state index contributed by atoms with van der Waals surface area (Å²) in [7, 11) is 1.93. The van der Waals surface area contributed by atoms with Gasteiger partial charge in [-0.1, -0.05) is 32.0 Å². The molecule has 0 atom stereocenters. The van der Waals surface area contributed by atoms with Crippen LogP contribution in [0.4, 0.5) is 0 Å². The number of para-hydroxylation sites is 1. The summed E-state index contributed by atoms with van der Waals surface area (Å²) in [4.78, 5) is 0. The van der Waals surface area contributed by atoms with Crippen LogP contribution in [-0.4, -0.2) is 13.7 Å². The summed E-state index contributed by atoms with van der Waals surface area (Å²) in [5, 5.41) is 3.10. The summed E-state index contributed by atoms with van der Waals surface area (Å²) in [6.07, 6.45) is 0. The van der Waals surface area contributed by atoms with Gasteiger partial charge in [0, 0.05) is 12.1 Å². The predicted octanol–water partition coefficient (Wildman–Crippen LogP) is 2.83. The molecular formula is C12H21NO. The molecule has 1 rings (SSSR count). The Morgan fingerprint density at radius 2 is 1.86 bits per heavy atom. The molecule has 0 spiro atoms. The average molecular weight is 195 g/mol. The highest BCUT2D eigenvalue weighted by molar-refractivity contribution is 5.33. The van der Waals surface area contributed by atoms with Gasteiger partial charge < -0.3 is 10.1 Å². The maximum absolute atomic E-state index is 5.45. The van der Waals surface area contributed by atoms with Crippen LogP contribution >= 0.6 is 0 Å². The third kappa shape index (κ3) is 4.28. The number of ether oxygens (including phenoxy) is 1. The van der Waals surface area contributed by atoms with Crippen LogP contribution in [-0.2, 0) is 6.54 Å². The van der Waals surface area contributed by atoms with Gasteiger partial charge in [0.1, 0.15) is 5.75 Å². The van der Waals surface area contributed by atoms with Crippen molar-refractivity contribution in [1.29, 1.82) is 0 Å². The van der Waals surface area contributed by atoms with Crippen LogP contribution in [0.5, 0.6) is 5.75 Å². The van der Waals surface area contributed by atoms with Gasteiger partial charge in [0.25, 0.3) is 0 Å². The Hall–Kier alpha value is -1.02. The monoisotopic (exact) mass is 195 g/mol. The van der Waals surface area contributed by atoms with E-state index >= 15 is 0 Å². The van der Waals surface area contributed by atoms with Gasteiger partial charge in [-0.25, -0.2) is 0 Å². The maximum atomic E-state index is 5.45. The molecule has 0 unspecified atom stereocenters. The molecule has 80 valence electrons. The summed E-state index contributed by atoms with van der Waals surface area (Å²) in [5.41, 5.74) is 1.21. The molecule has 0 aliphatic carbocycles. The van der Waals surface area contributed by atoms with Gasteiger partial charge in [-0.2, -0.15) is 0 Å². The minimum Gasteiger partial charge on any atom is -0.494 e. The second kappa shape index (κ2) is 8.57. The standard InChI is InChI=1S/C10H15NO.C2H6/c1-3-12-10-7-5-4-6-9(10)8-11-2;1-2/h4-7,11H,3,8H2,1-2H3;1-2H3. The molecule has 0 aliphatic rings. The fraction of sp³-hybridized carbons (Fsp3) is 0.500. The second-order valence-electron chi connectivity index (χ2n) is 2.57. The van der Waals surface area contributed by atoms with E-state index in [2.05, 4.69) is 11.4 Å². The fourth-order valence-corrected chi connectivity index (χ4v) is 1.14. The molecule has 1 N–H and O–H groups in total. The van der Waals surface area contributed by atoms with E-state index in [0.29, 0.717) is 0 Å². The van der Waals surface area contributed by atoms with Crippen molar-refractivity contribution in [2.75, 3.05) is 13.7 Å². The molecule has 2 nitrogen and oxygen atoms in total. The van der Waals surface area contributed by atoms with E-state index in [1.54, 1.807) is 0 Å². The maximum Gasteiger partial charge on any atom is 0.123 e. The third-order valence-electron chi connectivity index (χ3n) is 1.64. The van der Waals surface area contributed by atoms with Crippen molar-refractivity contribution in [1.82, 2.24) is 5.32 Å². The lowest BCUT2D eigenvalue weighted by Gasteiger charge is -2.08. The highest BCUT2D eigenvalue weighted by Gasteiger charge is 1.99. The first-order chi connectivity index (χ1) is 6.88. The first-order valence-corrected chi connectivity index (χ1v) is 5.23. The van der Waals surface area contributed by atoms with Crippen molar-refractivity contribution in [3.05, 3.63) is 29.8 Å². The molecule has 0 fully saturated rings. The number of benzene rings is 1. The zero-order chi connectivity index (χ0) is 10.8. The number of nitrogens with one attached hydrogen (secondary N) is 1. The fourth-order valence-electron chi connectivity index (χ4n) is 1.14. The largest absolute Gasteiger partial charge is 0.494 e. The van der Waals surface area contributed by atoms with Crippen LogP contribution < -0.4 is 10.1 Å². The molecule has 0 saturated heterocycles. The smallest absolute Gasteiger partial charge is 0.123 e. The van der Waals surface area contributed by atoms with Crippen LogP contribution in [0.3, 0.4) is 0 Å². The molecule has 0 bridgehead atoms. The summed E-state index contributed by atoms with van der Waals surface area (Å²) in [5.74, 6) is 0.981. The molecule has 2 heteroatoms. The average Bonchev–Trinajstić information content (AvgIpc) is 2.25. The minimum absolute atomic E-state index is 0.723. The van der Waals surface area contributed by atoms with E-state index in [1.807, 2.05) is 46.0 Å². The van der Waals surface area contributed by atoms with E-state index in [-0.39, 0.29) is 0 Å². The topological polar surface area (TPSA) is 21.3 Å². The first kappa shape index (κ1) is 13.0. The Kier molecular flexibility index (Phi) is 7.95. The zero-order valence-corrected chi connectivity index (χ0v) is 9.63. The lowest BCUT2D eigenvalue weighted by atomic mass is 10.2. The van der Waals surface area contributed by atoms with E-state index in [0.717, 1.165) is 18.9 Å². The van der Waals surface area contributed by atoms with Crippen LogP contribution in [0.15, 0.2) is 24.3 Å². The number of rotatable bonds is 4. The van der Waals surface area contributed by atoms with Crippen LogP contribution in [0.25, 0.3) is 0 Å². The Labute approximate surface area is 87.3 Å². The van der Waals surface area contributed by atoms with E-state index in [4.69, 9.17) is 4.74 Å². The molecule has 0 heterocycles. The van der Waals surface area contributed by atoms with E-state index in [9.17, 15) is 0 Å². The van der Waals surface area contributed by atoms with Crippen LogP contribution in [0, 0.1) is 0 Å². The molecule has 0 aliphatic heterocycles. The normalized spacial score (nSPS) is 8.86. The molecule has 0 amide bonds. The lowest BCUT2D eigenvalue weighted by Crippen LogP contribution is -2.07. The van der Waals surface area contributed by atoms with E-state index in [1.165, 1.54) is 5.56 Å². The van der Waals surface area contributed by atoms with Gasteiger partial charge in [0.2, 0.25) is 0 Å². The minimum atomic E-state index is 0.723. The first-order valence-electron chi connectivity index (χ1n) is 5.23. The van der Waals surface area contributed by atoms with Gasteiger partial charge in [0.05, 0.1) is 6.61 Å². The molecular weight excluding hydrogens is 174 g/mol. The summed E-state index contributed by atoms with van der Waals surface area (Å²) in [6.45, 7) is 7.58. The molecule has 0 aromatic heterocycles. The van der Waals surface area contributed by atoms with Crippen molar-refractivity contribution < 1.29 is 4.74 Å². The highest BCUT2D eigenvalue weighted by atomic mass is 16.5. The Morgan fingerprint density at radius 1 is 1.21 bits per heavy atom. The van der Waals surface area contributed by atoms with Gasteiger partial charge in [0.15, 0.2) is 0 Å².